The molecule has 0 saturated heterocycles. The van der Waals surface area contributed by atoms with Gasteiger partial charge in [0.1, 0.15) is 19.5 Å². The molecule has 0 aromatic heterocycles. The zero-order chi connectivity index (χ0) is 17.2. The highest BCUT2D eigenvalue weighted by molar-refractivity contribution is 5.76. The summed E-state index contributed by atoms with van der Waals surface area (Å²) in [5.74, 6) is 1.11. The van der Waals surface area contributed by atoms with E-state index in [0.29, 0.717) is 30.3 Å². The van der Waals surface area contributed by atoms with Gasteiger partial charge in [0.25, 0.3) is 0 Å². The molecule has 0 fully saturated rings. The van der Waals surface area contributed by atoms with Crippen LogP contribution >= 0.6 is 0 Å². The molecule has 0 atom stereocenters. The van der Waals surface area contributed by atoms with Crippen LogP contribution in [0.15, 0.2) is 85.5 Å². The van der Waals surface area contributed by atoms with Crippen LogP contribution < -0.4 is 9.47 Å². The van der Waals surface area contributed by atoms with Gasteiger partial charge in [0.15, 0.2) is 11.5 Å². The minimum absolute atomic E-state index is 0.319. The molecule has 122 valence electrons. The van der Waals surface area contributed by atoms with Crippen molar-refractivity contribution in [3.63, 3.8) is 0 Å². The smallest absolute Gasteiger partial charge is 0.162 e. The average molecular weight is 320 g/mol. The van der Waals surface area contributed by atoms with Gasteiger partial charge in [0.05, 0.1) is 0 Å². The predicted molar refractivity (Wildman–Crippen MR) is 96.6 cm³/mol. The first kappa shape index (κ1) is 17.3. The van der Waals surface area contributed by atoms with E-state index in [4.69, 9.17) is 9.47 Å². The highest BCUT2D eigenvalue weighted by atomic mass is 16.5. The summed E-state index contributed by atoms with van der Waals surface area (Å²) >= 11 is 0. The molecule has 2 aromatic carbocycles. The maximum Gasteiger partial charge on any atom is 0.162 e. The Hall–Kier alpha value is -3.07. The molecule has 0 amide bonds. The second-order valence-electron chi connectivity index (χ2n) is 5.07. The van der Waals surface area contributed by atoms with E-state index >= 15 is 0 Å². The fourth-order valence-electron chi connectivity index (χ4n) is 2.05. The first-order valence-corrected chi connectivity index (χ1v) is 7.59. The number of carbonyl (C=O) groups excluding carboxylic acids is 1. The van der Waals surface area contributed by atoms with Crippen molar-refractivity contribution in [3.05, 3.63) is 96.6 Å². The van der Waals surface area contributed by atoms with Gasteiger partial charge in [0, 0.05) is 5.56 Å². The van der Waals surface area contributed by atoms with Crippen LogP contribution in [0.4, 0.5) is 0 Å². The maximum atomic E-state index is 11.0. The number of carbonyl (C=O) groups is 1. The first-order valence-electron chi connectivity index (χ1n) is 7.59. The molecule has 0 saturated carbocycles. The molecule has 0 aliphatic rings. The third kappa shape index (κ3) is 4.99. The van der Waals surface area contributed by atoms with Crippen molar-refractivity contribution in [1.29, 1.82) is 0 Å². The normalized spacial score (nSPS) is 10.8. The third-order valence-electron chi connectivity index (χ3n) is 3.33. The number of hydrogen-bond donors (Lipinski definition) is 0. The molecule has 0 aliphatic heterocycles. The summed E-state index contributed by atoms with van der Waals surface area (Å²) in [6.45, 7) is 8.15. The van der Waals surface area contributed by atoms with E-state index < -0.39 is 0 Å². The van der Waals surface area contributed by atoms with Crippen molar-refractivity contribution in [3.8, 4) is 11.5 Å². The summed E-state index contributed by atoms with van der Waals surface area (Å²) in [4.78, 5) is 11.0. The van der Waals surface area contributed by atoms with Gasteiger partial charge >= 0.3 is 0 Å². The largest absolute Gasteiger partial charge is 0.485 e. The molecular formula is C21H20O3. The Morgan fingerprint density at radius 1 is 1.00 bits per heavy atom. The number of aldehydes is 1. The Bertz CT molecular complexity index is 730. The molecular weight excluding hydrogens is 300 g/mol. The highest BCUT2D eigenvalue weighted by Gasteiger charge is 2.08. The van der Waals surface area contributed by atoms with Gasteiger partial charge in [-0.2, -0.15) is 0 Å². The molecule has 0 radical (unpaired) electrons. The van der Waals surface area contributed by atoms with Gasteiger partial charge in [-0.3, -0.25) is 4.79 Å². The van der Waals surface area contributed by atoms with Gasteiger partial charge in [-0.05, 0) is 29.3 Å². The van der Waals surface area contributed by atoms with Crippen LogP contribution in [-0.2, 0) is 6.61 Å². The van der Waals surface area contributed by atoms with Gasteiger partial charge < -0.3 is 9.47 Å². The van der Waals surface area contributed by atoms with E-state index in [1.165, 1.54) is 0 Å². The maximum absolute atomic E-state index is 11.0. The lowest BCUT2D eigenvalue weighted by molar-refractivity contribution is 0.112. The topological polar surface area (TPSA) is 35.5 Å². The summed E-state index contributed by atoms with van der Waals surface area (Å²) in [6.07, 6.45) is 5.98. The Morgan fingerprint density at radius 2 is 1.79 bits per heavy atom. The SMILES string of the molecule is C=C/C=C(\C=C)COc1cc(C=O)ccc1OCc1ccccc1. The zero-order valence-corrected chi connectivity index (χ0v) is 13.5. The summed E-state index contributed by atoms with van der Waals surface area (Å²) in [5, 5.41) is 0. The van der Waals surface area contributed by atoms with Crippen molar-refractivity contribution in [1.82, 2.24) is 0 Å². The fraction of sp³-hybridized carbons (Fsp3) is 0.0952. The number of ether oxygens (including phenoxy) is 2. The van der Waals surface area contributed by atoms with Gasteiger partial charge in [-0.1, -0.05) is 61.7 Å². The molecule has 0 bridgehead atoms. The van der Waals surface area contributed by atoms with Crippen LogP contribution in [0.25, 0.3) is 0 Å². The van der Waals surface area contributed by atoms with E-state index in [-0.39, 0.29) is 0 Å². The monoisotopic (exact) mass is 320 g/mol. The molecule has 0 N–H and O–H groups in total. The van der Waals surface area contributed by atoms with Crippen LogP contribution in [0, 0.1) is 0 Å². The lowest BCUT2D eigenvalue weighted by Gasteiger charge is -2.14. The minimum Gasteiger partial charge on any atom is -0.485 e. The van der Waals surface area contributed by atoms with E-state index in [0.717, 1.165) is 17.4 Å². The standard InChI is InChI=1S/C21H20O3/c1-3-8-17(4-2)15-24-21-13-19(14-22)11-12-20(21)23-16-18-9-6-5-7-10-18/h3-14H,1-2,15-16H2/b17-8+. The summed E-state index contributed by atoms with van der Waals surface area (Å²) < 4.78 is 11.6. The van der Waals surface area contributed by atoms with Crippen LogP contribution in [0.2, 0.25) is 0 Å². The molecule has 2 rings (SSSR count). The van der Waals surface area contributed by atoms with E-state index in [1.807, 2.05) is 36.4 Å². The Balaban J connectivity index is 2.14. The molecule has 3 heteroatoms. The number of rotatable bonds is 9. The van der Waals surface area contributed by atoms with Crippen molar-refractivity contribution >= 4 is 6.29 Å². The number of allylic oxidation sites excluding steroid dienone is 2. The van der Waals surface area contributed by atoms with E-state index in [2.05, 4.69) is 13.2 Å². The minimum atomic E-state index is 0.319. The summed E-state index contributed by atoms with van der Waals surface area (Å²) in [6, 6.07) is 15.0. The number of hydrogen-bond acceptors (Lipinski definition) is 3. The fourth-order valence-corrected chi connectivity index (χ4v) is 2.05. The average Bonchev–Trinajstić information content (AvgIpc) is 2.64. The first-order chi connectivity index (χ1) is 11.8. The van der Waals surface area contributed by atoms with E-state index in [1.54, 1.807) is 30.4 Å². The molecule has 0 unspecified atom stereocenters. The Kier molecular flexibility index (Phi) is 6.59. The Morgan fingerprint density at radius 3 is 2.46 bits per heavy atom. The van der Waals surface area contributed by atoms with Crippen molar-refractivity contribution in [2.75, 3.05) is 6.61 Å². The van der Waals surface area contributed by atoms with Crippen LogP contribution in [0.3, 0.4) is 0 Å². The summed E-state index contributed by atoms with van der Waals surface area (Å²) in [7, 11) is 0. The van der Waals surface area contributed by atoms with Gasteiger partial charge in [0.2, 0.25) is 0 Å². The number of benzene rings is 2. The molecule has 3 nitrogen and oxygen atoms in total. The lowest BCUT2D eigenvalue weighted by atomic mass is 10.2. The highest BCUT2D eigenvalue weighted by Crippen LogP contribution is 2.29. The lowest BCUT2D eigenvalue weighted by Crippen LogP contribution is -2.03. The van der Waals surface area contributed by atoms with Crippen LogP contribution in [0.1, 0.15) is 15.9 Å². The predicted octanol–water partition coefficient (Wildman–Crippen LogP) is 4.76. The summed E-state index contributed by atoms with van der Waals surface area (Å²) in [5.41, 5.74) is 2.47. The molecule has 0 aliphatic carbocycles. The van der Waals surface area contributed by atoms with Crippen LogP contribution in [0.5, 0.6) is 11.5 Å². The van der Waals surface area contributed by atoms with E-state index in [9.17, 15) is 4.79 Å². The van der Waals surface area contributed by atoms with Gasteiger partial charge in [-0.25, -0.2) is 0 Å². The molecule has 24 heavy (non-hydrogen) atoms. The zero-order valence-electron chi connectivity index (χ0n) is 13.5. The van der Waals surface area contributed by atoms with Crippen molar-refractivity contribution < 1.29 is 14.3 Å². The molecule has 2 aromatic rings. The van der Waals surface area contributed by atoms with Crippen molar-refractivity contribution in [2.24, 2.45) is 0 Å². The third-order valence-corrected chi connectivity index (χ3v) is 3.33. The van der Waals surface area contributed by atoms with Gasteiger partial charge in [-0.15, -0.1) is 0 Å². The second kappa shape index (κ2) is 9.16. The quantitative estimate of drug-likeness (QED) is 0.494. The van der Waals surface area contributed by atoms with Crippen molar-refractivity contribution in [2.45, 2.75) is 6.61 Å². The Labute approximate surface area is 142 Å². The molecule has 0 spiro atoms. The molecule has 0 heterocycles. The van der Waals surface area contributed by atoms with Crippen LogP contribution in [-0.4, -0.2) is 12.9 Å². The second-order valence-corrected chi connectivity index (χ2v) is 5.07.